The number of alkyl halides is 3. The van der Waals surface area contributed by atoms with Gasteiger partial charge in [0.15, 0.2) is 0 Å². The molecule has 5 heteroatoms. The molecule has 0 spiro atoms. The Morgan fingerprint density at radius 1 is 1.25 bits per heavy atom. The van der Waals surface area contributed by atoms with E-state index in [0.29, 0.717) is 5.69 Å². The number of halogens is 3. The zero-order valence-corrected chi connectivity index (χ0v) is 8.55. The SMILES string of the molecule is Nc1ccc(OC(F)(F)F)cc1C1CCC1. The lowest BCUT2D eigenvalue weighted by atomic mass is 9.79. The number of hydrogen-bond donors (Lipinski definition) is 1. The molecule has 1 fully saturated rings. The third kappa shape index (κ3) is 2.40. The van der Waals surface area contributed by atoms with Crippen LogP contribution < -0.4 is 10.5 Å². The Labute approximate surface area is 91.2 Å². The number of rotatable bonds is 2. The Hall–Kier alpha value is -1.39. The lowest BCUT2D eigenvalue weighted by molar-refractivity contribution is -0.274. The van der Waals surface area contributed by atoms with Gasteiger partial charge in [0, 0.05) is 5.69 Å². The van der Waals surface area contributed by atoms with Gasteiger partial charge in [-0.3, -0.25) is 0 Å². The molecule has 2 N–H and O–H groups in total. The van der Waals surface area contributed by atoms with Crippen LogP contribution in [0.2, 0.25) is 0 Å². The minimum absolute atomic E-state index is 0.191. The van der Waals surface area contributed by atoms with E-state index in [0.717, 1.165) is 24.8 Å². The summed E-state index contributed by atoms with van der Waals surface area (Å²) in [5, 5.41) is 0. The number of hydrogen-bond acceptors (Lipinski definition) is 2. The maximum absolute atomic E-state index is 12.0. The van der Waals surface area contributed by atoms with Crippen LogP contribution in [0, 0.1) is 0 Å². The van der Waals surface area contributed by atoms with Crippen molar-refractivity contribution in [2.75, 3.05) is 5.73 Å². The zero-order valence-electron chi connectivity index (χ0n) is 8.55. The normalized spacial score (nSPS) is 16.9. The van der Waals surface area contributed by atoms with E-state index in [-0.39, 0.29) is 11.7 Å². The minimum Gasteiger partial charge on any atom is -0.406 e. The van der Waals surface area contributed by atoms with Crippen molar-refractivity contribution in [1.29, 1.82) is 0 Å². The summed E-state index contributed by atoms with van der Waals surface area (Å²) in [4.78, 5) is 0. The Kier molecular flexibility index (Phi) is 2.69. The van der Waals surface area contributed by atoms with E-state index in [4.69, 9.17) is 5.73 Å². The molecule has 2 nitrogen and oxygen atoms in total. The lowest BCUT2D eigenvalue weighted by Gasteiger charge is -2.27. The van der Waals surface area contributed by atoms with Crippen LogP contribution in [0.1, 0.15) is 30.7 Å². The fraction of sp³-hybridized carbons (Fsp3) is 0.455. The monoisotopic (exact) mass is 231 g/mol. The summed E-state index contributed by atoms with van der Waals surface area (Å²) in [5.41, 5.74) is 7.04. The number of nitrogens with two attached hydrogens (primary N) is 1. The number of nitrogen functional groups attached to an aromatic ring is 1. The van der Waals surface area contributed by atoms with Crippen molar-refractivity contribution in [2.45, 2.75) is 31.5 Å². The highest BCUT2D eigenvalue weighted by atomic mass is 19.4. The minimum atomic E-state index is -4.65. The van der Waals surface area contributed by atoms with Gasteiger partial charge in [-0.15, -0.1) is 13.2 Å². The van der Waals surface area contributed by atoms with Crippen LogP contribution in [0.25, 0.3) is 0 Å². The van der Waals surface area contributed by atoms with Crippen LogP contribution in [-0.2, 0) is 0 Å². The van der Waals surface area contributed by atoms with E-state index in [1.807, 2.05) is 0 Å². The van der Waals surface area contributed by atoms with E-state index >= 15 is 0 Å². The largest absolute Gasteiger partial charge is 0.573 e. The molecule has 1 aliphatic rings. The maximum Gasteiger partial charge on any atom is 0.573 e. The third-order valence-corrected chi connectivity index (χ3v) is 2.84. The van der Waals surface area contributed by atoms with Gasteiger partial charge in [0.1, 0.15) is 5.75 Å². The van der Waals surface area contributed by atoms with Crippen molar-refractivity contribution in [3.05, 3.63) is 23.8 Å². The fourth-order valence-corrected chi connectivity index (χ4v) is 1.82. The Bertz CT molecular complexity index is 385. The van der Waals surface area contributed by atoms with Crippen LogP contribution in [-0.4, -0.2) is 6.36 Å². The molecule has 0 atom stereocenters. The Morgan fingerprint density at radius 3 is 2.44 bits per heavy atom. The summed E-state index contributed by atoms with van der Waals surface area (Å²) in [6.45, 7) is 0. The van der Waals surface area contributed by atoms with Gasteiger partial charge >= 0.3 is 6.36 Å². The molecule has 0 aliphatic heterocycles. The summed E-state index contributed by atoms with van der Waals surface area (Å²) in [7, 11) is 0. The summed E-state index contributed by atoms with van der Waals surface area (Å²) in [6.07, 6.45) is -1.57. The van der Waals surface area contributed by atoms with Crippen molar-refractivity contribution in [3.63, 3.8) is 0 Å². The van der Waals surface area contributed by atoms with Gasteiger partial charge in [-0.25, -0.2) is 0 Å². The first-order valence-corrected chi connectivity index (χ1v) is 5.11. The van der Waals surface area contributed by atoms with Gasteiger partial charge in [0.05, 0.1) is 0 Å². The van der Waals surface area contributed by atoms with Gasteiger partial charge in [0.2, 0.25) is 0 Å². The van der Waals surface area contributed by atoms with Crippen molar-refractivity contribution in [2.24, 2.45) is 0 Å². The average Bonchev–Trinajstić information content (AvgIpc) is 2.05. The Morgan fingerprint density at radius 2 is 1.94 bits per heavy atom. The van der Waals surface area contributed by atoms with Gasteiger partial charge in [-0.2, -0.15) is 0 Å². The van der Waals surface area contributed by atoms with E-state index < -0.39 is 6.36 Å². The quantitative estimate of drug-likeness (QED) is 0.791. The van der Waals surface area contributed by atoms with E-state index in [9.17, 15) is 13.2 Å². The zero-order chi connectivity index (χ0) is 11.8. The lowest BCUT2D eigenvalue weighted by Crippen LogP contribution is -2.18. The Balaban J connectivity index is 2.21. The third-order valence-electron chi connectivity index (χ3n) is 2.84. The molecular formula is C11H12F3NO. The van der Waals surface area contributed by atoms with Crippen LogP contribution in [0.5, 0.6) is 5.75 Å². The highest BCUT2D eigenvalue weighted by Gasteiger charge is 2.31. The van der Waals surface area contributed by atoms with Gasteiger partial charge in [0.25, 0.3) is 0 Å². The smallest absolute Gasteiger partial charge is 0.406 e. The second-order valence-corrected chi connectivity index (χ2v) is 3.97. The molecule has 0 heterocycles. The molecule has 1 saturated carbocycles. The highest BCUT2D eigenvalue weighted by Crippen LogP contribution is 2.40. The van der Waals surface area contributed by atoms with Gasteiger partial charge in [-0.05, 0) is 42.5 Å². The second kappa shape index (κ2) is 3.88. The molecule has 16 heavy (non-hydrogen) atoms. The van der Waals surface area contributed by atoms with E-state index in [1.165, 1.54) is 18.2 Å². The number of ether oxygens (including phenoxy) is 1. The van der Waals surface area contributed by atoms with Gasteiger partial charge in [-0.1, -0.05) is 6.42 Å². The van der Waals surface area contributed by atoms with Crippen LogP contribution in [0.15, 0.2) is 18.2 Å². The summed E-state index contributed by atoms with van der Waals surface area (Å²) in [5.74, 6) is 0.0976. The molecule has 2 rings (SSSR count). The molecule has 0 unspecified atom stereocenters. The summed E-state index contributed by atoms with van der Waals surface area (Å²) >= 11 is 0. The average molecular weight is 231 g/mol. The highest BCUT2D eigenvalue weighted by molar-refractivity contribution is 5.52. The molecule has 88 valence electrons. The number of anilines is 1. The van der Waals surface area contributed by atoms with E-state index in [2.05, 4.69) is 4.74 Å². The molecule has 1 aliphatic carbocycles. The second-order valence-electron chi connectivity index (χ2n) is 3.97. The van der Waals surface area contributed by atoms with Crippen LogP contribution in [0.3, 0.4) is 0 Å². The first-order valence-electron chi connectivity index (χ1n) is 5.11. The topological polar surface area (TPSA) is 35.2 Å². The first-order chi connectivity index (χ1) is 7.46. The molecule has 1 aromatic carbocycles. The number of benzene rings is 1. The predicted octanol–water partition coefficient (Wildman–Crippen LogP) is 3.43. The predicted molar refractivity (Wildman–Crippen MR) is 54.1 cm³/mol. The molecule has 1 aromatic rings. The van der Waals surface area contributed by atoms with Crippen molar-refractivity contribution < 1.29 is 17.9 Å². The summed E-state index contributed by atoms with van der Waals surface area (Å²) < 4.78 is 39.9. The standard InChI is InChI=1S/C11H12F3NO/c12-11(13,14)16-8-4-5-10(15)9(6-8)7-2-1-3-7/h4-7H,1-3,15H2. The van der Waals surface area contributed by atoms with Crippen molar-refractivity contribution in [3.8, 4) is 5.75 Å². The van der Waals surface area contributed by atoms with E-state index in [1.54, 1.807) is 0 Å². The van der Waals surface area contributed by atoms with Crippen LogP contribution >= 0.6 is 0 Å². The van der Waals surface area contributed by atoms with Crippen molar-refractivity contribution in [1.82, 2.24) is 0 Å². The molecule has 0 radical (unpaired) electrons. The van der Waals surface area contributed by atoms with Crippen molar-refractivity contribution >= 4 is 5.69 Å². The molecule has 0 aromatic heterocycles. The van der Waals surface area contributed by atoms with Gasteiger partial charge < -0.3 is 10.5 Å². The maximum atomic E-state index is 12.0. The molecule has 0 amide bonds. The summed E-state index contributed by atoms with van der Waals surface area (Å²) in [6, 6.07) is 4.10. The molecular weight excluding hydrogens is 219 g/mol. The molecule has 0 saturated heterocycles. The van der Waals surface area contributed by atoms with Crippen LogP contribution in [0.4, 0.5) is 18.9 Å². The fourth-order valence-electron chi connectivity index (χ4n) is 1.82. The molecule has 0 bridgehead atoms. The first kappa shape index (κ1) is 11.1.